The van der Waals surface area contributed by atoms with Crippen molar-refractivity contribution in [3.63, 3.8) is 0 Å². The zero-order chi connectivity index (χ0) is 20.1. The van der Waals surface area contributed by atoms with E-state index < -0.39 is 11.6 Å². The minimum Gasteiger partial charge on any atom is -0.388 e. The second-order valence-electron chi connectivity index (χ2n) is 6.81. The van der Waals surface area contributed by atoms with Gasteiger partial charge in [-0.1, -0.05) is 24.3 Å². The summed E-state index contributed by atoms with van der Waals surface area (Å²) in [4.78, 5) is 25.4. The molecule has 0 saturated heterocycles. The molecule has 146 valence electrons. The van der Waals surface area contributed by atoms with E-state index in [0.717, 1.165) is 16.8 Å². The van der Waals surface area contributed by atoms with E-state index in [1.54, 1.807) is 0 Å². The van der Waals surface area contributed by atoms with Gasteiger partial charge in [0.15, 0.2) is 0 Å². The van der Waals surface area contributed by atoms with Gasteiger partial charge in [-0.2, -0.15) is 4.68 Å². The Morgan fingerprint density at radius 2 is 1.75 bits per heavy atom. The van der Waals surface area contributed by atoms with Crippen LogP contribution in [0.3, 0.4) is 0 Å². The highest BCUT2D eigenvalue weighted by molar-refractivity contribution is 5.75. The average Bonchev–Trinajstić information content (AvgIpc) is 3.02. The van der Waals surface area contributed by atoms with E-state index in [4.69, 9.17) is 4.42 Å². The quantitative estimate of drug-likeness (QED) is 0.624. The van der Waals surface area contributed by atoms with Crippen molar-refractivity contribution in [2.45, 2.75) is 19.6 Å². The van der Waals surface area contributed by atoms with Crippen LogP contribution in [0.5, 0.6) is 0 Å². The molecule has 3 aromatic rings. The number of aromatic nitrogens is 2. The van der Waals surface area contributed by atoms with E-state index in [1.807, 2.05) is 24.3 Å². The zero-order valence-electron chi connectivity index (χ0n) is 15.7. The molecule has 28 heavy (non-hydrogen) atoms. The first-order valence-electron chi connectivity index (χ1n) is 8.88. The Labute approximate surface area is 161 Å². The third-order valence-electron chi connectivity index (χ3n) is 4.06. The molecule has 0 bridgehead atoms. The van der Waals surface area contributed by atoms with E-state index in [9.17, 15) is 14.0 Å². The predicted molar refractivity (Wildman–Crippen MR) is 101 cm³/mol. The number of quaternary nitrogens is 1. The molecule has 1 aromatic heterocycles. The van der Waals surface area contributed by atoms with Gasteiger partial charge in [-0.25, -0.2) is 9.18 Å². The van der Waals surface area contributed by atoms with Crippen molar-refractivity contribution in [1.29, 1.82) is 0 Å². The smallest absolute Gasteiger partial charge is 0.388 e. The maximum atomic E-state index is 13.0. The molecule has 8 heteroatoms. The van der Waals surface area contributed by atoms with Crippen LogP contribution in [-0.2, 0) is 24.4 Å². The van der Waals surface area contributed by atoms with E-state index in [1.165, 1.54) is 34.7 Å². The second-order valence-corrected chi connectivity index (χ2v) is 6.81. The van der Waals surface area contributed by atoms with Crippen LogP contribution in [0.15, 0.2) is 57.7 Å². The molecule has 3 rings (SSSR count). The number of carbonyl (C=O) groups excluding carboxylic acids is 1. The Bertz CT molecular complexity index is 992. The van der Waals surface area contributed by atoms with E-state index in [2.05, 4.69) is 24.5 Å². The summed E-state index contributed by atoms with van der Waals surface area (Å²) in [5.74, 6) is -1.47. The first-order chi connectivity index (χ1) is 13.4. The SMILES string of the molecule is C[NH+](C)Cc1ccc(CNC(=O)Cn2nc(-c3ccc(F)cc3)oc2=O)cc1. The Hall–Kier alpha value is -3.26. The summed E-state index contributed by atoms with van der Waals surface area (Å²) in [6, 6.07) is 13.4. The van der Waals surface area contributed by atoms with Gasteiger partial charge in [-0.3, -0.25) is 4.79 Å². The Kier molecular flexibility index (Phi) is 6.00. The summed E-state index contributed by atoms with van der Waals surface area (Å²) >= 11 is 0. The van der Waals surface area contributed by atoms with Gasteiger partial charge in [0, 0.05) is 17.7 Å². The Morgan fingerprint density at radius 3 is 2.39 bits per heavy atom. The molecule has 0 aliphatic heterocycles. The highest BCUT2D eigenvalue weighted by Gasteiger charge is 2.13. The molecule has 1 heterocycles. The standard InChI is InChI=1S/C20H21FN4O3/c1-24(2)12-15-5-3-14(4-6-15)11-22-18(26)13-25-20(27)28-19(23-25)16-7-9-17(21)10-8-16/h3-10H,11-13H2,1-2H3,(H,22,26)/p+1. The summed E-state index contributed by atoms with van der Waals surface area (Å²) < 4.78 is 19.0. The molecule has 0 aliphatic carbocycles. The second kappa shape index (κ2) is 8.62. The fourth-order valence-electron chi connectivity index (χ4n) is 2.69. The Balaban J connectivity index is 1.58. The fourth-order valence-corrected chi connectivity index (χ4v) is 2.69. The highest BCUT2D eigenvalue weighted by Crippen LogP contribution is 2.15. The molecule has 0 atom stereocenters. The van der Waals surface area contributed by atoms with E-state index >= 15 is 0 Å². The molecular weight excluding hydrogens is 363 g/mol. The zero-order valence-corrected chi connectivity index (χ0v) is 15.7. The van der Waals surface area contributed by atoms with Crippen LogP contribution in [0.25, 0.3) is 11.5 Å². The number of nitrogens with zero attached hydrogens (tertiary/aromatic N) is 2. The largest absolute Gasteiger partial charge is 0.437 e. The molecule has 0 aliphatic rings. The topological polar surface area (TPSA) is 81.6 Å². The number of halogens is 1. The predicted octanol–water partition coefficient (Wildman–Crippen LogP) is 0.603. The Morgan fingerprint density at radius 1 is 1.11 bits per heavy atom. The lowest BCUT2D eigenvalue weighted by Crippen LogP contribution is -3.04. The van der Waals surface area contributed by atoms with Crippen molar-refractivity contribution in [2.75, 3.05) is 14.1 Å². The number of benzene rings is 2. The van der Waals surface area contributed by atoms with E-state index in [-0.39, 0.29) is 18.3 Å². The average molecular weight is 385 g/mol. The molecule has 7 nitrogen and oxygen atoms in total. The third-order valence-corrected chi connectivity index (χ3v) is 4.06. The summed E-state index contributed by atoms with van der Waals surface area (Å²) in [6.45, 7) is 1.02. The number of hydrogen-bond acceptors (Lipinski definition) is 4. The van der Waals surface area contributed by atoms with Crippen LogP contribution < -0.4 is 16.0 Å². The van der Waals surface area contributed by atoms with Crippen molar-refractivity contribution >= 4 is 5.91 Å². The lowest BCUT2D eigenvalue weighted by atomic mass is 10.1. The van der Waals surface area contributed by atoms with Crippen LogP contribution in [0.1, 0.15) is 11.1 Å². The summed E-state index contributed by atoms with van der Waals surface area (Å²) in [5, 5.41) is 6.75. The van der Waals surface area contributed by atoms with Gasteiger partial charge < -0.3 is 14.6 Å². The van der Waals surface area contributed by atoms with Crippen molar-refractivity contribution < 1.29 is 18.5 Å². The monoisotopic (exact) mass is 385 g/mol. The van der Waals surface area contributed by atoms with E-state index in [0.29, 0.717) is 12.1 Å². The van der Waals surface area contributed by atoms with Crippen LogP contribution in [0, 0.1) is 5.82 Å². The van der Waals surface area contributed by atoms with Gasteiger partial charge in [-0.15, -0.1) is 5.10 Å². The molecule has 2 N–H and O–H groups in total. The highest BCUT2D eigenvalue weighted by atomic mass is 19.1. The normalized spacial score (nSPS) is 11.0. The van der Waals surface area contributed by atoms with Crippen LogP contribution in [0.4, 0.5) is 4.39 Å². The molecule has 0 spiro atoms. The molecule has 0 saturated carbocycles. The first kappa shape index (κ1) is 19.5. The van der Waals surface area contributed by atoms with Crippen molar-refractivity contribution in [3.8, 4) is 11.5 Å². The summed E-state index contributed by atoms with van der Waals surface area (Å²) in [7, 11) is 4.17. The molecule has 0 unspecified atom stereocenters. The number of carbonyl (C=O) groups is 1. The molecule has 2 aromatic carbocycles. The maximum Gasteiger partial charge on any atom is 0.437 e. The third kappa shape index (κ3) is 5.14. The van der Waals surface area contributed by atoms with Crippen LogP contribution in [-0.4, -0.2) is 29.8 Å². The number of hydrogen-bond donors (Lipinski definition) is 2. The lowest BCUT2D eigenvalue weighted by Gasteiger charge is -2.08. The van der Waals surface area contributed by atoms with Gasteiger partial charge in [0.05, 0.1) is 14.1 Å². The number of rotatable bonds is 7. The minimum atomic E-state index is -0.745. The van der Waals surface area contributed by atoms with Crippen LogP contribution >= 0.6 is 0 Å². The van der Waals surface area contributed by atoms with Gasteiger partial charge in [0.1, 0.15) is 18.9 Å². The minimum absolute atomic E-state index is 0.0383. The van der Waals surface area contributed by atoms with Crippen molar-refractivity contribution in [1.82, 2.24) is 15.1 Å². The van der Waals surface area contributed by atoms with Gasteiger partial charge in [0.25, 0.3) is 0 Å². The molecule has 0 fully saturated rings. The van der Waals surface area contributed by atoms with Gasteiger partial charge in [-0.05, 0) is 29.8 Å². The summed E-state index contributed by atoms with van der Waals surface area (Å²) in [6.07, 6.45) is 0. The van der Waals surface area contributed by atoms with Crippen LogP contribution in [0.2, 0.25) is 0 Å². The van der Waals surface area contributed by atoms with Gasteiger partial charge in [0.2, 0.25) is 11.8 Å². The van der Waals surface area contributed by atoms with Crippen molar-refractivity contribution in [3.05, 3.63) is 76.0 Å². The molecule has 1 amide bonds. The molecule has 0 radical (unpaired) electrons. The molecular formula is C20H22FN4O3+. The van der Waals surface area contributed by atoms with Crippen molar-refractivity contribution in [2.24, 2.45) is 0 Å². The number of amides is 1. The van der Waals surface area contributed by atoms with Gasteiger partial charge >= 0.3 is 5.76 Å². The summed E-state index contributed by atoms with van der Waals surface area (Å²) in [5.41, 5.74) is 2.64. The fraction of sp³-hybridized carbons (Fsp3) is 0.250. The first-order valence-corrected chi connectivity index (χ1v) is 8.88. The maximum absolute atomic E-state index is 13.0. The lowest BCUT2D eigenvalue weighted by molar-refractivity contribution is -0.872. The number of nitrogens with one attached hydrogen (secondary N) is 2.